The summed E-state index contributed by atoms with van der Waals surface area (Å²) in [6, 6.07) is 122. The van der Waals surface area contributed by atoms with Crippen LogP contribution in [0.1, 0.15) is 44.5 Å². The summed E-state index contributed by atoms with van der Waals surface area (Å²) in [6.45, 7) is 0. The normalized spacial score (nSPS) is 11.6. The fourth-order valence-electron chi connectivity index (χ4n) is 12.0. The van der Waals surface area contributed by atoms with Gasteiger partial charge in [0.2, 0.25) is 0 Å². The molecule has 0 radical (unpaired) electrons. The van der Waals surface area contributed by atoms with E-state index in [0.717, 1.165) is 67.5 Å². The summed E-state index contributed by atoms with van der Waals surface area (Å²) in [5.41, 5.74) is 22.9. The molecule has 0 saturated heterocycles. The Hall–Kier alpha value is -11.8. The van der Waals surface area contributed by atoms with E-state index in [9.17, 15) is 0 Å². The lowest BCUT2D eigenvalue weighted by molar-refractivity contribution is 1.28. The topological polar surface area (TPSA) is 6.48 Å². The Labute approximate surface area is 528 Å². The van der Waals surface area contributed by atoms with Gasteiger partial charge in [-0.2, -0.15) is 0 Å². The van der Waals surface area contributed by atoms with Gasteiger partial charge in [0.1, 0.15) is 0 Å². The highest BCUT2D eigenvalue weighted by Gasteiger charge is 2.18. The maximum atomic E-state index is 2.34. The Kier molecular flexibility index (Phi) is 16.4. The molecule has 0 atom stereocenters. The number of hydrogen-bond donors (Lipinski definition) is 0. The molecule has 2 nitrogen and oxygen atoms in total. The molecule has 0 saturated carbocycles. The van der Waals surface area contributed by atoms with Gasteiger partial charge in [-0.1, -0.05) is 316 Å². The van der Waals surface area contributed by atoms with Crippen LogP contribution in [0.25, 0.3) is 104 Å². The lowest BCUT2D eigenvalue weighted by Gasteiger charge is -2.26. The number of fused-ring (bicyclic) bond motifs is 2. The van der Waals surface area contributed by atoms with Crippen LogP contribution in [0.2, 0.25) is 0 Å². The molecule has 14 rings (SSSR count). The van der Waals surface area contributed by atoms with Gasteiger partial charge in [-0.25, -0.2) is 0 Å². The SMILES string of the molecule is C(=Cc1ccc(N(c2ccc(C=Cc3ccccc3)cc2)c2ccc(-c3ccc(-c4ccc(-c5ccc(N(c6ccc(C=Cc7ccccc7)cc6)c6ccc(C=Cc7ccccc7)cc6)cc5)c5ccccc45)c4ccccc34)cc2)cc1)c1ccccc1. The van der Waals surface area contributed by atoms with Gasteiger partial charge in [-0.15, -0.1) is 0 Å². The number of benzene rings is 14. The number of anilines is 6. The highest BCUT2D eigenvalue weighted by molar-refractivity contribution is 6.12. The fraction of sp³-hybridized carbons (Fsp3) is 0. The molecule has 0 bridgehead atoms. The van der Waals surface area contributed by atoms with E-state index in [4.69, 9.17) is 0 Å². The van der Waals surface area contributed by atoms with Gasteiger partial charge in [0, 0.05) is 34.1 Å². The summed E-state index contributed by atoms with van der Waals surface area (Å²) in [4.78, 5) is 4.69. The van der Waals surface area contributed by atoms with Crippen molar-refractivity contribution >= 4 is 104 Å². The monoisotopic (exact) mass is 1150 g/mol. The predicted octanol–water partition coefficient (Wildman–Crippen LogP) is 24.6. The zero-order valence-electron chi connectivity index (χ0n) is 49.8. The second kappa shape index (κ2) is 26.4. The number of nitrogens with zero attached hydrogens (tertiary/aromatic N) is 2. The second-order valence-electron chi connectivity index (χ2n) is 22.5. The molecule has 2 heteroatoms. The van der Waals surface area contributed by atoms with Crippen molar-refractivity contribution in [1.82, 2.24) is 0 Å². The predicted molar refractivity (Wildman–Crippen MR) is 389 cm³/mol. The summed E-state index contributed by atoms with van der Waals surface area (Å²) in [5.74, 6) is 0. The van der Waals surface area contributed by atoms with Crippen LogP contribution in [0, 0.1) is 0 Å². The Bertz CT molecular complexity index is 4340. The number of rotatable bonds is 17. The largest absolute Gasteiger partial charge is 0.311 e. The summed E-state index contributed by atoms with van der Waals surface area (Å²) in [5, 5.41) is 4.85. The smallest absolute Gasteiger partial charge is 0.0462 e. The molecule has 0 fully saturated rings. The fourth-order valence-corrected chi connectivity index (χ4v) is 12.0. The van der Waals surface area contributed by atoms with Gasteiger partial charge in [-0.3, -0.25) is 0 Å². The van der Waals surface area contributed by atoms with Gasteiger partial charge < -0.3 is 9.80 Å². The third-order valence-electron chi connectivity index (χ3n) is 16.7. The molecule has 90 heavy (non-hydrogen) atoms. The van der Waals surface area contributed by atoms with Crippen LogP contribution in [0.3, 0.4) is 0 Å². The van der Waals surface area contributed by atoms with E-state index in [1.54, 1.807) is 0 Å². The van der Waals surface area contributed by atoms with Crippen molar-refractivity contribution in [2.24, 2.45) is 0 Å². The molecule has 0 N–H and O–H groups in total. The van der Waals surface area contributed by atoms with Crippen LogP contribution in [-0.2, 0) is 0 Å². The van der Waals surface area contributed by atoms with Crippen molar-refractivity contribution in [2.75, 3.05) is 9.80 Å². The third kappa shape index (κ3) is 12.7. The minimum Gasteiger partial charge on any atom is -0.311 e. The van der Waals surface area contributed by atoms with E-state index in [1.807, 2.05) is 24.3 Å². The van der Waals surface area contributed by atoms with Crippen LogP contribution >= 0.6 is 0 Å². The Morgan fingerprint density at radius 2 is 0.322 bits per heavy atom. The minimum absolute atomic E-state index is 1.08. The molecular weight excluding hydrogens is 1080 g/mol. The summed E-state index contributed by atoms with van der Waals surface area (Å²) < 4.78 is 0. The first kappa shape index (κ1) is 56.0. The van der Waals surface area contributed by atoms with Crippen molar-refractivity contribution in [3.8, 4) is 33.4 Å². The first-order valence-corrected chi connectivity index (χ1v) is 30.8. The summed E-state index contributed by atoms with van der Waals surface area (Å²) in [7, 11) is 0. The first-order chi connectivity index (χ1) is 44.6. The zero-order chi connectivity index (χ0) is 60.3. The van der Waals surface area contributed by atoms with Crippen LogP contribution < -0.4 is 9.80 Å². The molecule has 14 aromatic rings. The van der Waals surface area contributed by atoms with Crippen molar-refractivity contribution in [1.29, 1.82) is 0 Å². The molecule has 0 heterocycles. The number of hydrogen-bond acceptors (Lipinski definition) is 2. The van der Waals surface area contributed by atoms with E-state index in [2.05, 4.69) is 374 Å². The van der Waals surface area contributed by atoms with Crippen LogP contribution in [0.15, 0.2) is 340 Å². The Morgan fingerprint density at radius 3 is 0.556 bits per heavy atom. The third-order valence-corrected chi connectivity index (χ3v) is 16.7. The van der Waals surface area contributed by atoms with Gasteiger partial charge >= 0.3 is 0 Å². The molecule has 426 valence electrons. The van der Waals surface area contributed by atoms with Gasteiger partial charge in [0.15, 0.2) is 0 Å². The minimum atomic E-state index is 1.08. The molecule has 0 aliphatic heterocycles. The summed E-state index contributed by atoms with van der Waals surface area (Å²) in [6.07, 6.45) is 17.3. The maximum absolute atomic E-state index is 2.34. The highest BCUT2D eigenvalue weighted by Crippen LogP contribution is 2.44. The molecule has 0 aliphatic carbocycles. The van der Waals surface area contributed by atoms with Crippen LogP contribution in [0.5, 0.6) is 0 Å². The Balaban J connectivity index is 0.759. The molecular formula is C88H64N2. The van der Waals surface area contributed by atoms with Gasteiger partial charge in [0.05, 0.1) is 0 Å². The zero-order valence-corrected chi connectivity index (χ0v) is 49.8. The lowest BCUT2D eigenvalue weighted by atomic mass is 9.88. The quantitative estimate of drug-likeness (QED) is 0.0839. The molecule has 0 spiro atoms. The van der Waals surface area contributed by atoms with E-state index in [-0.39, 0.29) is 0 Å². The van der Waals surface area contributed by atoms with Crippen molar-refractivity contribution < 1.29 is 0 Å². The van der Waals surface area contributed by atoms with Crippen molar-refractivity contribution in [2.45, 2.75) is 0 Å². The molecule has 0 amide bonds. The molecule has 0 aromatic heterocycles. The first-order valence-electron chi connectivity index (χ1n) is 30.8. The second-order valence-corrected chi connectivity index (χ2v) is 22.5. The Morgan fingerprint density at radius 1 is 0.144 bits per heavy atom. The van der Waals surface area contributed by atoms with E-state index in [1.165, 1.54) is 66.1 Å². The van der Waals surface area contributed by atoms with Crippen LogP contribution in [-0.4, -0.2) is 0 Å². The van der Waals surface area contributed by atoms with E-state index in [0.29, 0.717) is 0 Å². The lowest BCUT2D eigenvalue weighted by Crippen LogP contribution is -2.09. The molecule has 14 aromatic carbocycles. The van der Waals surface area contributed by atoms with Crippen molar-refractivity contribution in [3.05, 3.63) is 384 Å². The molecule has 0 aliphatic rings. The highest BCUT2D eigenvalue weighted by atomic mass is 15.1. The van der Waals surface area contributed by atoms with Gasteiger partial charge in [0.25, 0.3) is 0 Å². The standard InChI is InChI=1S/C88H64N2/c1-5-17-65(18-6-1)29-33-69-37-49-75(50-38-69)89(76-51-39-70(40-52-76)34-30-66-19-7-2-8-20-66)79-57-45-73(46-58-79)81-61-63-87(85-27-15-13-25-83(81)85)88-64-62-82(84-26-14-16-28-86(84)88)74-47-59-80(60-48-74)90(77-53-41-71(42-54-77)35-31-67-21-9-3-10-22-67)78-55-43-72(44-56-78)36-32-68-23-11-4-12-24-68/h1-64H. The van der Waals surface area contributed by atoms with E-state index >= 15 is 0 Å². The van der Waals surface area contributed by atoms with Gasteiger partial charge in [-0.05, 0) is 172 Å². The maximum Gasteiger partial charge on any atom is 0.0462 e. The average Bonchev–Trinajstić information content (AvgIpc) is 1.41. The van der Waals surface area contributed by atoms with Crippen LogP contribution in [0.4, 0.5) is 34.1 Å². The average molecular weight is 1150 g/mol. The van der Waals surface area contributed by atoms with Crippen molar-refractivity contribution in [3.63, 3.8) is 0 Å². The van der Waals surface area contributed by atoms with E-state index < -0.39 is 0 Å². The summed E-state index contributed by atoms with van der Waals surface area (Å²) >= 11 is 0. The molecule has 0 unspecified atom stereocenters.